The van der Waals surface area contributed by atoms with E-state index < -0.39 is 14.1 Å². The highest BCUT2D eigenvalue weighted by Crippen LogP contribution is 2.42. The van der Waals surface area contributed by atoms with Crippen LogP contribution in [0.3, 0.4) is 0 Å². The van der Waals surface area contributed by atoms with Crippen molar-refractivity contribution in [2.24, 2.45) is 0 Å². The van der Waals surface area contributed by atoms with Crippen LogP contribution in [0, 0.1) is 5.82 Å². The molecule has 0 aromatic heterocycles. The minimum absolute atomic E-state index is 0.0670. The monoisotopic (exact) mass is 300 g/mol. The lowest BCUT2D eigenvalue weighted by Gasteiger charge is -2.36. The normalized spacial score (nSPS) is 11.9. The molecule has 1 rings (SSSR count). The number of ether oxygens (including phenoxy) is 2. The number of hydrogen-bond donors (Lipinski definition) is 0. The molecule has 1 aromatic carbocycles. The van der Waals surface area contributed by atoms with E-state index >= 15 is 0 Å². The van der Waals surface area contributed by atoms with E-state index in [1.54, 1.807) is 0 Å². The third-order valence-electron chi connectivity index (χ3n) is 3.55. The Hall–Kier alpha value is -1.56. The van der Waals surface area contributed by atoms with Crippen molar-refractivity contribution < 1.29 is 23.1 Å². The molecule has 1 aromatic rings. The van der Waals surface area contributed by atoms with Crippen molar-refractivity contribution in [3.05, 3.63) is 17.9 Å². The lowest BCUT2D eigenvalue weighted by molar-refractivity contribution is -0.120. The fraction of sp³-hybridized carbons (Fsp3) is 0.500. The molecule has 0 N–H and O–H groups in total. The fourth-order valence-corrected chi connectivity index (χ4v) is 2.34. The van der Waals surface area contributed by atoms with Crippen molar-refractivity contribution in [1.82, 2.24) is 0 Å². The van der Waals surface area contributed by atoms with Crippen molar-refractivity contribution in [3.63, 3.8) is 0 Å². The van der Waals surface area contributed by atoms with E-state index in [4.69, 9.17) is 9.16 Å². The molecule has 0 fully saturated rings. The van der Waals surface area contributed by atoms with Gasteiger partial charge in [0.25, 0.3) is 14.8 Å². The summed E-state index contributed by atoms with van der Waals surface area (Å²) in [5.41, 5.74) is 0. The zero-order valence-electron chi connectivity index (χ0n) is 12.7. The van der Waals surface area contributed by atoms with Gasteiger partial charge in [-0.3, -0.25) is 4.79 Å². The van der Waals surface area contributed by atoms with Gasteiger partial charge in [-0.1, -0.05) is 20.8 Å². The van der Waals surface area contributed by atoms with Gasteiger partial charge in [-0.05, 0) is 18.1 Å². The Labute approximate surface area is 120 Å². The number of methoxy groups -OCH3 is 1. The first kappa shape index (κ1) is 16.5. The Kier molecular flexibility index (Phi) is 4.80. The number of benzene rings is 1. The molecule has 0 saturated carbocycles. The van der Waals surface area contributed by atoms with Gasteiger partial charge in [0.2, 0.25) is 0 Å². The molecular formula is C14H21FO4Si. The first-order valence-corrected chi connectivity index (χ1v) is 9.20. The maximum atomic E-state index is 14.2. The highest BCUT2D eigenvalue weighted by atomic mass is 28.4. The van der Waals surface area contributed by atoms with Crippen LogP contribution in [0.25, 0.3) is 0 Å². The summed E-state index contributed by atoms with van der Waals surface area (Å²) >= 11 is 0. The highest BCUT2D eigenvalue weighted by molar-refractivity contribution is 6.74. The molecule has 0 heterocycles. The molecule has 20 heavy (non-hydrogen) atoms. The molecule has 0 atom stereocenters. The average Bonchev–Trinajstić information content (AvgIpc) is 2.31. The van der Waals surface area contributed by atoms with Crippen molar-refractivity contribution in [3.8, 4) is 17.2 Å². The summed E-state index contributed by atoms with van der Waals surface area (Å²) in [4.78, 5) is 10.3. The van der Waals surface area contributed by atoms with E-state index in [2.05, 4.69) is 25.5 Å². The Morgan fingerprint density at radius 2 is 1.85 bits per heavy atom. The van der Waals surface area contributed by atoms with Gasteiger partial charge in [0.05, 0.1) is 7.11 Å². The molecule has 0 bridgehead atoms. The quantitative estimate of drug-likeness (QED) is 0.613. The van der Waals surface area contributed by atoms with Crippen LogP contribution in [0.5, 0.6) is 17.2 Å². The van der Waals surface area contributed by atoms with Crippen LogP contribution in [-0.2, 0) is 4.79 Å². The van der Waals surface area contributed by atoms with Gasteiger partial charge in [0.1, 0.15) is 5.75 Å². The number of carbonyl (C=O) groups excluding carboxylic acids is 1. The van der Waals surface area contributed by atoms with Gasteiger partial charge in [0, 0.05) is 12.1 Å². The summed E-state index contributed by atoms with van der Waals surface area (Å²) in [6.07, 6.45) is 0. The second kappa shape index (κ2) is 5.83. The van der Waals surface area contributed by atoms with Gasteiger partial charge in [-0.15, -0.1) is 0 Å². The summed E-state index contributed by atoms with van der Waals surface area (Å²) < 4.78 is 29.9. The maximum absolute atomic E-state index is 14.2. The first-order valence-electron chi connectivity index (χ1n) is 6.29. The van der Waals surface area contributed by atoms with Crippen LogP contribution in [0.1, 0.15) is 20.8 Å². The molecule has 4 nitrogen and oxygen atoms in total. The predicted molar refractivity (Wildman–Crippen MR) is 77.5 cm³/mol. The minimum Gasteiger partial charge on any atom is -0.539 e. The third kappa shape index (κ3) is 3.50. The zero-order valence-corrected chi connectivity index (χ0v) is 13.7. The molecule has 0 unspecified atom stereocenters. The summed E-state index contributed by atoms with van der Waals surface area (Å²) in [6.45, 7) is 10.5. The topological polar surface area (TPSA) is 44.8 Å². The van der Waals surface area contributed by atoms with Gasteiger partial charge in [-0.25, -0.2) is 4.39 Å². The van der Waals surface area contributed by atoms with Crippen LogP contribution in [0.4, 0.5) is 4.39 Å². The molecule has 0 aliphatic rings. The van der Waals surface area contributed by atoms with E-state index in [1.165, 1.54) is 13.2 Å². The Morgan fingerprint density at radius 3 is 2.30 bits per heavy atom. The molecule has 6 heteroatoms. The molecular weight excluding hydrogens is 279 g/mol. The van der Waals surface area contributed by atoms with Crippen LogP contribution in [0.2, 0.25) is 18.1 Å². The van der Waals surface area contributed by atoms with Gasteiger partial charge in [-0.2, -0.15) is 0 Å². The Bertz CT molecular complexity index is 495. The summed E-state index contributed by atoms with van der Waals surface area (Å²) in [5, 5.41) is -0.0670. The second-order valence-electron chi connectivity index (χ2n) is 6.01. The molecule has 112 valence electrons. The summed E-state index contributed by atoms with van der Waals surface area (Å²) in [6, 6.07) is 2.54. The van der Waals surface area contributed by atoms with Gasteiger partial charge < -0.3 is 13.9 Å². The van der Waals surface area contributed by atoms with E-state index in [1.807, 2.05) is 13.1 Å². The van der Waals surface area contributed by atoms with Crippen LogP contribution >= 0.6 is 0 Å². The average molecular weight is 300 g/mol. The van der Waals surface area contributed by atoms with Crippen molar-refractivity contribution >= 4 is 14.8 Å². The van der Waals surface area contributed by atoms with E-state index in [9.17, 15) is 9.18 Å². The lowest BCUT2D eigenvalue weighted by atomic mass is 10.2. The zero-order chi connectivity index (χ0) is 15.6. The Balaban J connectivity index is 3.22. The van der Waals surface area contributed by atoms with Gasteiger partial charge >= 0.3 is 0 Å². The van der Waals surface area contributed by atoms with Crippen LogP contribution < -0.4 is 13.9 Å². The molecule has 0 amide bonds. The molecule has 0 radical (unpaired) electrons. The number of halogens is 1. The summed E-state index contributed by atoms with van der Waals surface area (Å²) in [7, 11) is -0.776. The number of rotatable bonds is 5. The smallest absolute Gasteiger partial charge is 0.298 e. The van der Waals surface area contributed by atoms with Crippen molar-refractivity contribution in [2.45, 2.75) is 38.9 Å². The highest BCUT2D eigenvalue weighted by Gasteiger charge is 2.40. The lowest BCUT2D eigenvalue weighted by Crippen LogP contribution is -2.44. The van der Waals surface area contributed by atoms with E-state index in [-0.39, 0.29) is 28.8 Å². The van der Waals surface area contributed by atoms with Gasteiger partial charge in [0.15, 0.2) is 17.3 Å². The molecule has 0 aliphatic heterocycles. The van der Waals surface area contributed by atoms with Crippen LogP contribution in [0.15, 0.2) is 12.1 Å². The number of hydrogen-bond acceptors (Lipinski definition) is 4. The first-order chi connectivity index (χ1) is 9.12. The SMILES string of the molecule is COc1cc(OC=O)cc(F)c1O[Si](C)(C)C(C)(C)C. The predicted octanol–water partition coefficient (Wildman–Crippen LogP) is 3.75. The largest absolute Gasteiger partial charge is 0.539 e. The van der Waals surface area contributed by atoms with Crippen molar-refractivity contribution in [1.29, 1.82) is 0 Å². The van der Waals surface area contributed by atoms with E-state index in [0.29, 0.717) is 0 Å². The molecule has 0 saturated heterocycles. The standard InChI is InChI=1S/C14H21FO4Si/c1-14(2,3)20(5,6)19-13-11(15)7-10(18-9-16)8-12(13)17-4/h7-9H,1-6H3. The number of carbonyl (C=O) groups is 1. The van der Waals surface area contributed by atoms with E-state index in [0.717, 1.165) is 6.07 Å². The molecule has 0 aliphatic carbocycles. The maximum Gasteiger partial charge on any atom is 0.298 e. The molecule has 0 spiro atoms. The van der Waals surface area contributed by atoms with Crippen LogP contribution in [-0.4, -0.2) is 21.9 Å². The fourth-order valence-electron chi connectivity index (χ4n) is 1.33. The minimum atomic E-state index is -2.19. The second-order valence-corrected chi connectivity index (χ2v) is 10.7. The van der Waals surface area contributed by atoms with Crippen molar-refractivity contribution in [2.75, 3.05) is 7.11 Å². The summed E-state index contributed by atoms with van der Waals surface area (Å²) in [5.74, 6) is -0.244. The Morgan fingerprint density at radius 1 is 1.25 bits per heavy atom. The third-order valence-corrected chi connectivity index (χ3v) is 7.88.